The maximum Gasteiger partial charge on any atom is 0.309 e. The minimum Gasteiger partial charge on any atom is -0.462 e. The van der Waals surface area contributed by atoms with Gasteiger partial charge in [-0.2, -0.15) is 0 Å². The fourth-order valence-electron chi connectivity index (χ4n) is 4.19. The van der Waals surface area contributed by atoms with Gasteiger partial charge in [0.25, 0.3) is 0 Å². The summed E-state index contributed by atoms with van der Waals surface area (Å²) in [5.74, 6) is -1.01. The van der Waals surface area contributed by atoms with Crippen LogP contribution in [0.5, 0.6) is 0 Å². The molecule has 3 rings (SSSR count). The van der Waals surface area contributed by atoms with E-state index >= 15 is 0 Å². The molecule has 3 aliphatic rings. The van der Waals surface area contributed by atoms with Crippen molar-refractivity contribution in [2.45, 2.75) is 58.7 Å². The molecule has 5 heteroatoms. The van der Waals surface area contributed by atoms with Gasteiger partial charge in [0.15, 0.2) is 11.9 Å². The van der Waals surface area contributed by atoms with E-state index in [1.54, 1.807) is 6.08 Å². The lowest BCUT2D eigenvalue weighted by atomic mass is 9.71. The Morgan fingerprint density at radius 3 is 2.77 bits per heavy atom. The average Bonchev–Trinajstić information content (AvgIpc) is 2.88. The minimum absolute atomic E-state index is 0.0757. The van der Waals surface area contributed by atoms with E-state index in [1.807, 2.05) is 6.92 Å². The first kappa shape index (κ1) is 15.3. The largest absolute Gasteiger partial charge is 0.462 e. The second kappa shape index (κ2) is 5.21. The molecule has 2 fully saturated rings. The summed E-state index contributed by atoms with van der Waals surface area (Å²) in [5.41, 5.74) is 0.718. The number of fused-ring (bicyclic) bond motifs is 2. The minimum atomic E-state index is -0.632. The molecule has 0 aromatic heterocycles. The van der Waals surface area contributed by atoms with E-state index in [9.17, 15) is 14.4 Å². The van der Waals surface area contributed by atoms with Crippen molar-refractivity contribution in [1.82, 2.24) is 0 Å². The number of carbonyl (C=O) groups is 3. The number of ether oxygens (including phenoxy) is 2. The monoisotopic (exact) mass is 306 g/mol. The highest BCUT2D eigenvalue weighted by atomic mass is 16.6. The summed E-state index contributed by atoms with van der Waals surface area (Å²) in [5, 5.41) is 0. The van der Waals surface area contributed by atoms with Crippen LogP contribution in [-0.4, -0.2) is 29.9 Å². The van der Waals surface area contributed by atoms with E-state index in [-0.39, 0.29) is 41.1 Å². The zero-order chi connectivity index (χ0) is 16.1. The predicted molar refractivity (Wildman–Crippen MR) is 77.8 cm³/mol. The zero-order valence-electron chi connectivity index (χ0n) is 13.3. The molecule has 5 unspecified atom stereocenters. The molecular weight excluding hydrogens is 284 g/mol. The molecule has 0 N–H and O–H groups in total. The summed E-state index contributed by atoms with van der Waals surface area (Å²) < 4.78 is 10.8. The van der Waals surface area contributed by atoms with E-state index in [4.69, 9.17) is 9.47 Å². The van der Waals surface area contributed by atoms with Gasteiger partial charge in [-0.3, -0.25) is 14.4 Å². The summed E-state index contributed by atoms with van der Waals surface area (Å²) in [6.07, 6.45) is 3.86. The predicted octanol–water partition coefficient (Wildman–Crippen LogP) is 2.19. The lowest BCUT2D eigenvalue weighted by Crippen LogP contribution is -2.37. The molecule has 0 aromatic carbocycles. The van der Waals surface area contributed by atoms with E-state index in [0.717, 1.165) is 31.3 Å². The van der Waals surface area contributed by atoms with Gasteiger partial charge in [0.1, 0.15) is 6.10 Å². The Balaban J connectivity index is 1.92. The first-order valence-corrected chi connectivity index (χ1v) is 7.95. The third-order valence-electron chi connectivity index (χ3n) is 5.67. The molecule has 120 valence electrons. The normalized spacial score (nSPS) is 41.0. The van der Waals surface area contributed by atoms with Gasteiger partial charge in [0.05, 0.1) is 5.92 Å². The number of hydrogen-bond donors (Lipinski definition) is 0. The third kappa shape index (κ3) is 2.27. The van der Waals surface area contributed by atoms with Crippen molar-refractivity contribution >= 4 is 17.7 Å². The smallest absolute Gasteiger partial charge is 0.309 e. The molecule has 0 aromatic rings. The van der Waals surface area contributed by atoms with E-state index < -0.39 is 6.10 Å². The van der Waals surface area contributed by atoms with E-state index in [1.165, 1.54) is 6.92 Å². The Hall–Kier alpha value is -1.65. The maximum atomic E-state index is 12.5. The lowest BCUT2D eigenvalue weighted by molar-refractivity contribution is -0.151. The molecule has 22 heavy (non-hydrogen) atoms. The molecule has 2 aliphatic carbocycles. The summed E-state index contributed by atoms with van der Waals surface area (Å²) in [6.45, 7) is 5.31. The van der Waals surface area contributed by atoms with Crippen LogP contribution in [0.1, 0.15) is 46.5 Å². The second-order valence-corrected chi connectivity index (χ2v) is 6.97. The van der Waals surface area contributed by atoms with Crippen LogP contribution in [0.2, 0.25) is 0 Å². The Morgan fingerprint density at radius 2 is 2.09 bits per heavy atom. The van der Waals surface area contributed by atoms with Gasteiger partial charge in [0, 0.05) is 18.3 Å². The van der Waals surface area contributed by atoms with E-state index in [0.29, 0.717) is 0 Å². The SMILES string of the molecule is CC(=O)OC1CCC2=CC(=O)C3OC(=O)C(C)C3CCC21C. The van der Waals surface area contributed by atoms with Crippen molar-refractivity contribution in [2.24, 2.45) is 17.3 Å². The van der Waals surface area contributed by atoms with Gasteiger partial charge in [-0.1, -0.05) is 19.4 Å². The van der Waals surface area contributed by atoms with Crippen LogP contribution in [0.25, 0.3) is 0 Å². The highest BCUT2D eigenvalue weighted by Crippen LogP contribution is 2.51. The molecule has 0 bridgehead atoms. The van der Waals surface area contributed by atoms with Crippen LogP contribution in [-0.2, 0) is 23.9 Å². The fourth-order valence-corrected chi connectivity index (χ4v) is 4.19. The molecule has 0 spiro atoms. The van der Waals surface area contributed by atoms with Gasteiger partial charge in [-0.05, 0) is 31.8 Å². The van der Waals surface area contributed by atoms with Crippen LogP contribution >= 0.6 is 0 Å². The van der Waals surface area contributed by atoms with Gasteiger partial charge in [-0.25, -0.2) is 0 Å². The maximum absolute atomic E-state index is 12.5. The van der Waals surface area contributed by atoms with E-state index in [2.05, 4.69) is 6.92 Å². The fraction of sp³-hybridized carbons (Fsp3) is 0.706. The number of carbonyl (C=O) groups excluding carboxylic acids is 3. The summed E-state index contributed by atoms with van der Waals surface area (Å²) in [4.78, 5) is 35.6. The van der Waals surface area contributed by atoms with Crippen molar-refractivity contribution < 1.29 is 23.9 Å². The Bertz CT molecular complexity index is 563. The van der Waals surface area contributed by atoms with Crippen LogP contribution in [0, 0.1) is 17.3 Å². The van der Waals surface area contributed by atoms with Crippen molar-refractivity contribution in [3.63, 3.8) is 0 Å². The Labute approximate surface area is 130 Å². The topological polar surface area (TPSA) is 69.7 Å². The highest BCUT2D eigenvalue weighted by molar-refractivity contribution is 5.98. The summed E-state index contributed by atoms with van der Waals surface area (Å²) in [6, 6.07) is 0. The highest BCUT2D eigenvalue weighted by Gasteiger charge is 2.51. The molecule has 1 saturated heterocycles. The van der Waals surface area contributed by atoms with Crippen molar-refractivity contribution in [1.29, 1.82) is 0 Å². The lowest BCUT2D eigenvalue weighted by Gasteiger charge is -2.35. The standard InChI is InChI=1S/C17H22O5/c1-9-12-6-7-17(3)11(4-5-14(17)21-10(2)18)8-13(19)15(12)22-16(9)20/h8-9,12,14-15H,4-7H2,1-3H3. The number of rotatable bonds is 1. The average molecular weight is 306 g/mol. The second-order valence-electron chi connectivity index (χ2n) is 6.97. The molecule has 1 aliphatic heterocycles. The van der Waals surface area contributed by atoms with Crippen molar-refractivity contribution in [3.05, 3.63) is 11.6 Å². The van der Waals surface area contributed by atoms with Crippen LogP contribution in [0.4, 0.5) is 0 Å². The number of ketones is 1. The van der Waals surface area contributed by atoms with Gasteiger partial charge < -0.3 is 9.47 Å². The molecule has 1 saturated carbocycles. The van der Waals surface area contributed by atoms with Crippen molar-refractivity contribution in [2.75, 3.05) is 0 Å². The summed E-state index contributed by atoms with van der Waals surface area (Å²) in [7, 11) is 0. The van der Waals surface area contributed by atoms with Crippen molar-refractivity contribution in [3.8, 4) is 0 Å². The first-order valence-electron chi connectivity index (χ1n) is 7.95. The van der Waals surface area contributed by atoms with Gasteiger partial charge >= 0.3 is 11.9 Å². The zero-order valence-corrected chi connectivity index (χ0v) is 13.3. The summed E-state index contributed by atoms with van der Waals surface area (Å²) >= 11 is 0. The molecule has 0 radical (unpaired) electrons. The first-order chi connectivity index (χ1) is 10.3. The third-order valence-corrected chi connectivity index (χ3v) is 5.67. The van der Waals surface area contributed by atoms with Gasteiger partial charge in [-0.15, -0.1) is 0 Å². The molecule has 5 nitrogen and oxygen atoms in total. The van der Waals surface area contributed by atoms with Crippen LogP contribution in [0.3, 0.4) is 0 Å². The van der Waals surface area contributed by atoms with Crippen LogP contribution in [0.15, 0.2) is 11.6 Å². The molecule has 5 atom stereocenters. The Morgan fingerprint density at radius 1 is 1.36 bits per heavy atom. The number of esters is 2. The number of hydrogen-bond acceptors (Lipinski definition) is 5. The Kier molecular flexibility index (Phi) is 3.62. The molecule has 1 heterocycles. The molecule has 0 amide bonds. The van der Waals surface area contributed by atoms with Gasteiger partial charge in [0.2, 0.25) is 0 Å². The molecular formula is C17H22O5. The quantitative estimate of drug-likeness (QED) is 0.695. The van der Waals surface area contributed by atoms with Crippen LogP contribution < -0.4 is 0 Å².